The minimum Gasteiger partial charge on any atom is -0.356 e. The van der Waals surface area contributed by atoms with Gasteiger partial charge in [0.25, 0.3) is 0 Å². The van der Waals surface area contributed by atoms with Gasteiger partial charge >= 0.3 is 0 Å². The predicted molar refractivity (Wildman–Crippen MR) is 92.0 cm³/mol. The van der Waals surface area contributed by atoms with Crippen molar-refractivity contribution < 1.29 is 4.79 Å². The van der Waals surface area contributed by atoms with Gasteiger partial charge in [-0.1, -0.05) is 6.92 Å². The molecule has 0 aromatic rings. The number of amides is 1. The van der Waals surface area contributed by atoms with E-state index >= 15 is 0 Å². The van der Waals surface area contributed by atoms with Crippen LogP contribution in [0.5, 0.6) is 0 Å². The highest BCUT2D eigenvalue weighted by Gasteiger charge is 2.28. The molecule has 21 heavy (non-hydrogen) atoms. The molecule has 1 unspecified atom stereocenters. The van der Waals surface area contributed by atoms with Gasteiger partial charge in [-0.15, -0.1) is 0 Å². The first-order valence-corrected chi connectivity index (χ1v) is 8.75. The standard InChI is InChI=1S/C15H30N4OS/c1-6-12(2)18-13(20)7-8-17-14(16-5)19-9-10-21-15(3,4)11-19/h12H,6-11H2,1-5H3,(H,16,17)(H,18,20). The van der Waals surface area contributed by atoms with Gasteiger partial charge in [0.2, 0.25) is 5.91 Å². The van der Waals surface area contributed by atoms with Gasteiger partial charge in [0.1, 0.15) is 0 Å². The Hall–Kier alpha value is -0.910. The van der Waals surface area contributed by atoms with Crippen molar-refractivity contribution in [1.82, 2.24) is 15.5 Å². The highest BCUT2D eigenvalue weighted by Crippen LogP contribution is 2.29. The van der Waals surface area contributed by atoms with Crippen LogP contribution in [0.2, 0.25) is 0 Å². The number of carbonyl (C=O) groups is 1. The highest BCUT2D eigenvalue weighted by atomic mass is 32.2. The summed E-state index contributed by atoms with van der Waals surface area (Å²) < 4.78 is 0.254. The summed E-state index contributed by atoms with van der Waals surface area (Å²) in [6, 6.07) is 0.247. The quantitative estimate of drug-likeness (QED) is 0.599. The maximum atomic E-state index is 11.8. The molecule has 1 atom stereocenters. The van der Waals surface area contributed by atoms with Crippen molar-refractivity contribution in [2.75, 3.05) is 32.4 Å². The second-order valence-electron chi connectivity index (χ2n) is 6.13. The van der Waals surface area contributed by atoms with Gasteiger partial charge in [-0.2, -0.15) is 11.8 Å². The van der Waals surface area contributed by atoms with Crippen LogP contribution >= 0.6 is 11.8 Å². The molecule has 1 aliphatic rings. The van der Waals surface area contributed by atoms with Crippen LogP contribution in [0.25, 0.3) is 0 Å². The Balaban J connectivity index is 2.37. The first-order chi connectivity index (χ1) is 9.88. The van der Waals surface area contributed by atoms with Gasteiger partial charge in [0, 0.05) is 49.6 Å². The number of thioether (sulfide) groups is 1. The van der Waals surface area contributed by atoms with Crippen LogP contribution in [-0.2, 0) is 4.79 Å². The lowest BCUT2D eigenvalue weighted by atomic mass is 10.2. The van der Waals surface area contributed by atoms with Crippen LogP contribution in [0.1, 0.15) is 40.5 Å². The fraction of sp³-hybridized carbons (Fsp3) is 0.867. The number of hydrogen-bond donors (Lipinski definition) is 2. The number of carbonyl (C=O) groups excluding carboxylic acids is 1. The molecule has 2 N–H and O–H groups in total. The second-order valence-corrected chi connectivity index (χ2v) is 7.93. The molecule has 1 fully saturated rings. The van der Waals surface area contributed by atoms with Crippen LogP contribution in [0.4, 0.5) is 0 Å². The fourth-order valence-corrected chi connectivity index (χ4v) is 3.38. The van der Waals surface area contributed by atoms with E-state index in [0.29, 0.717) is 13.0 Å². The van der Waals surface area contributed by atoms with Crippen LogP contribution in [0.15, 0.2) is 4.99 Å². The Morgan fingerprint density at radius 3 is 2.76 bits per heavy atom. The SMILES string of the molecule is CCC(C)NC(=O)CCNC(=NC)N1CCSC(C)(C)C1. The Bertz CT molecular complexity index is 371. The molecule has 0 aromatic heterocycles. The van der Waals surface area contributed by atoms with Gasteiger partial charge in [-0.3, -0.25) is 9.79 Å². The molecular formula is C15H30N4OS. The number of guanidine groups is 1. The van der Waals surface area contributed by atoms with Crippen LogP contribution in [0.3, 0.4) is 0 Å². The molecule has 0 aromatic carbocycles. The topological polar surface area (TPSA) is 56.7 Å². The summed E-state index contributed by atoms with van der Waals surface area (Å²) in [6.07, 6.45) is 1.44. The molecule has 1 heterocycles. The molecule has 0 radical (unpaired) electrons. The average molecular weight is 314 g/mol. The van der Waals surface area contributed by atoms with Crippen molar-refractivity contribution in [3.8, 4) is 0 Å². The lowest BCUT2D eigenvalue weighted by Crippen LogP contribution is -2.51. The van der Waals surface area contributed by atoms with E-state index in [2.05, 4.69) is 41.3 Å². The Kier molecular flexibility index (Phi) is 7.35. The normalized spacial score (nSPS) is 20.0. The molecule has 1 amide bonds. The first kappa shape index (κ1) is 18.1. The van der Waals surface area contributed by atoms with Gasteiger partial charge in [0.15, 0.2) is 5.96 Å². The summed E-state index contributed by atoms with van der Waals surface area (Å²) in [6.45, 7) is 11.2. The van der Waals surface area contributed by atoms with Crippen LogP contribution < -0.4 is 10.6 Å². The third-order valence-corrected chi connectivity index (χ3v) is 4.89. The van der Waals surface area contributed by atoms with E-state index in [1.54, 1.807) is 7.05 Å². The molecule has 1 aliphatic heterocycles. The van der Waals surface area contributed by atoms with E-state index in [1.165, 1.54) is 0 Å². The summed E-state index contributed by atoms with van der Waals surface area (Å²) in [5, 5.41) is 6.28. The number of nitrogens with one attached hydrogen (secondary N) is 2. The van der Waals surface area contributed by atoms with E-state index in [4.69, 9.17) is 0 Å². The summed E-state index contributed by atoms with van der Waals surface area (Å²) in [5.41, 5.74) is 0. The van der Waals surface area contributed by atoms with Crippen LogP contribution in [-0.4, -0.2) is 60.0 Å². The molecule has 0 saturated carbocycles. The molecule has 0 aliphatic carbocycles. The van der Waals surface area contributed by atoms with Gasteiger partial charge in [-0.05, 0) is 27.2 Å². The summed E-state index contributed by atoms with van der Waals surface area (Å²) in [7, 11) is 1.80. The predicted octanol–water partition coefficient (Wildman–Crippen LogP) is 1.69. The monoisotopic (exact) mass is 314 g/mol. The lowest BCUT2D eigenvalue weighted by Gasteiger charge is -2.39. The molecule has 0 spiro atoms. The minimum atomic E-state index is 0.0989. The van der Waals surface area contributed by atoms with Gasteiger partial charge < -0.3 is 15.5 Å². The van der Waals surface area contributed by atoms with Crippen molar-refractivity contribution in [3.63, 3.8) is 0 Å². The smallest absolute Gasteiger partial charge is 0.221 e. The first-order valence-electron chi connectivity index (χ1n) is 7.77. The lowest BCUT2D eigenvalue weighted by molar-refractivity contribution is -0.121. The largest absolute Gasteiger partial charge is 0.356 e. The van der Waals surface area contributed by atoms with Crippen molar-refractivity contribution >= 4 is 23.6 Å². The zero-order chi connectivity index (χ0) is 15.9. The maximum Gasteiger partial charge on any atom is 0.221 e. The zero-order valence-corrected chi connectivity index (χ0v) is 14.8. The number of hydrogen-bond acceptors (Lipinski definition) is 3. The van der Waals surface area contributed by atoms with E-state index in [-0.39, 0.29) is 16.7 Å². The highest BCUT2D eigenvalue weighted by molar-refractivity contribution is 8.00. The fourth-order valence-electron chi connectivity index (χ4n) is 2.27. The number of rotatable bonds is 5. The average Bonchev–Trinajstić information content (AvgIpc) is 2.42. The Labute approximate surface area is 133 Å². The third-order valence-electron chi connectivity index (χ3n) is 3.59. The molecule has 0 bridgehead atoms. The van der Waals surface area contributed by atoms with Crippen LogP contribution in [0, 0.1) is 0 Å². The number of aliphatic imine (C=N–C) groups is 1. The third kappa shape index (κ3) is 6.59. The minimum absolute atomic E-state index is 0.0989. The van der Waals surface area contributed by atoms with E-state index in [9.17, 15) is 4.79 Å². The van der Waals surface area contributed by atoms with Crippen molar-refractivity contribution in [3.05, 3.63) is 0 Å². The summed E-state index contributed by atoms with van der Waals surface area (Å²) in [4.78, 5) is 18.4. The second kappa shape index (κ2) is 8.51. The van der Waals surface area contributed by atoms with Gasteiger partial charge in [-0.25, -0.2) is 0 Å². The molecule has 1 rings (SSSR count). The summed E-state index contributed by atoms with van der Waals surface area (Å²) >= 11 is 2.00. The molecule has 122 valence electrons. The van der Waals surface area contributed by atoms with Crippen molar-refractivity contribution in [1.29, 1.82) is 0 Å². The Morgan fingerprint density at radius 1 is 1.48 bits per heavy atom. The molecular weight excluding hydrogens is 284 g/mol. The van der Waals surface area contributed by atoms with E-state index in [0.717, 1.165) is 31.2 Å². The Morgan fingerprint density at radius 2 is 2.19 bits per heavy atom. The molecule has 6 heteroatoms. The van der Waals surface area contributed by atoms with Crippen molar-refractivity contribution in [2.45, 2.75) is 51.3 Å². The van der Waals surface area contributed by atoms with E-state index in [1.807, 2.05) is 18.7 Å². The summed E-state index contributed by atoms with van der Waals surface area (Å²) in [5.74, 6) is 2.11. The maximum absolute atomic E-state index is 11.8. The molecule has 1 saturated heterocycles. The number of nitrogens with zero attached hydrogens (tertiary/aromatic N) is 2. The molecule has 5 nitrogen and oxygen atoms in total. The van der Waals surface area contributed by atoms with E-state index < -0.39 is 0 Å². The van der Waals surface area contributed by atoms with Gasteiger partial charge in [0.05, 0.1) is 0 Å². The zero-order valence-electron chi connectivity index (χ0n) is 14.0. The van der Waals surface area contributed by atoms with Crippen molar-refractivity contribution in [2.24, 2.45) is 4.99 Å².